The highest BCUT2D eigenvalue weighted by Gasteiger charge is 2.39. The number of aromatic nitrogens is 1. The van der Waals surface area contributed by atoms with E-state index in [2.05, 4.69) is 28.6 Å². The predicted octanol–water partition coefficient (Wildman–Crippen LogP) is 2.16. The second-order valence-corrected chi connectivity index (χ2v) is 7.12. The van der Waals surface area contributed by atoms with Gasteiger partial charge in [0.15, 0.2) is 0 Å². The number of hydrogen-bond acceptors (Lipinski definition) is 4. The van der Waals surface area contributed by atoms with Crippen LogP contribution in [0.15, 0.2) is 24.3 Å². The number of hydrogen-bond donors (Lipinski definition) is 1. The van der Waals surface area contributed by atoms with E-state index in [1.54, 1.807) is 0 Å². The standard InChI is InChI=1S/C19H25N3O2/c1-21-15-6-4-3-5-13(15)16(17(20)19(23)24-2)18(21)14-11-22-9-7-12(14)8-10-22/h3-6,12,14,17H,7-11,20H2,1-2H3. The van der Waals surface area contributed by atoms with Crippen LogP contribution < -0.4 is 5.73 Å². The number of carbonyl (C=O) groups excluding carboxylic acids is 1. The Bertz CT molecular complexity index is 774. The van der Waals surface area contributed by atoms with Crippen molar-refractivity contribution in [3.63, 3.8) is 0 Å². The fraction of sp³-hybridized carbons (Fsp3) is 0.526. The number of methoxy groups -OCH3 is 1. The first kappa shape index (κ1) is 15.7. The lowest BCUT2D eigenvalue weighted by Crippen LogP contribution is -2.47. The zero-order valence-corrected chi connectivity index (χ0v) is 14.4. The molecule has 1 aromatic carbocycles. The molecule has 0 aliphatic carbocycles. The molecular formula is C19H25N3O2. The summed E-state index contributed by atoms with van der Waals surface area (Å²) in [6.45, 7) is 3.46. The number of para-hydroxylation sites is 1. The van der Waals surface area contributed by atoms with Crippen molar-refractivity contribution in [2.24, 2.45) is 18.7 Å². The number of nitrogens with zero attached hydrogens (tertiary/aromatic N) is 2. The van der Waals surface area contributed by atoms with Crippen molar-refractivity contribution in [1.29, 1.82) is 0 Å². The second kappa shape index (κ2) is 5.90. The molecule has 0 spiro atoms. The average molecular weight is 327 g/mol. The highest BCUT2D eigenvalue weighted by Crippen LogP contribution is 2.44. The van der Waals surface area contributed by atoms with Gasteiger partial charge in [-0.15, -0.1) is 0 Å². The Balaban J connectivity index is 1.90. The Labute approximate surface area is 142 Å². The second-order valence-electron chi connectivity index (χ2n) is 7.12. The lowest BCUT2D eigenvalue weighted by atomic mass is 9.76. The van der Waals surface area contributed by atoms with Gasteiger partial charge >= 0.3 is 5.97 Å². The Morgan fingerprint density at radius 1 is 1.29 bits per heavy atom. The minimum Gasteiger partial charge on any atom is -0.468 e. The van der Waals surface area contributed by atoms with Crippen LogP contribution in [0.5, 0.6) is 0 Å². The molecule has 128 valence electrons. The number of benzene rings is 1. The van der Waals surface area contributed by atoms with Gasteiger partial charge in [0.2, 0.25) is 0 Å². The molecule has 3 fully saturated rings. The summed E-state index contributed by atoms with van der Waals surface area (Å²) in [5, 5.41) is 1.07. The van der Waals surface area contributed by atoms with Gasteiger partial charge in [0.1, 0.15) is 6.04 Å². The van der Waals surface area contributed by atoms with Crippen molar-refractivity contribution >= 4 is 16.9 Å². The molecular weight excluding hydrogens is 302 g/mol. The highest BCUT2D eigenvalue weighted by atomic mass is 16.5. The molecule has 2 N–H and O–H groups in total. The number of carbonyl (C=O) groups is 1. The number of fused-ring (bicyclic) bond motifs is 4. The van der Waals surface area contributed by atoms with E-state index in [1.165, 1.54) is 38.7 Å². The molecule has 4 heterocycles. The van der Waals surface area contributed by atoms with Gasteiger partial charge in [0, 0.05) is 41.7 Å². The first-order chi connectivity index (χ1) is 11.6. The van der Waals surface area contributed by atoms with Gasteiger partial charge in [-0.3, -0.25) is 4.79 Å². The van der Waals surface area contributed by atoms with Gasteiger partial charge in [-0.2, -0.15) is 0 Å². The first-order valence-electron chi connectivity index (χ1n) is 8.74. The number of nitrogens with two attached hydrogens (primary N) is 1. The molecule has 5 nitrogen and oxygen atoms in total. The zero-order chi connectivity index (χ0) is 16.8. The largest absolute Gasteiger partial charge is 0.468 e. The summed E-state index contributed by atoms with van der Waals surface area (Å²) in [6, 6.07) is 7.49. The molecule has 5 heteroatoms. The maximum Gasteiger partial charge on any atom is 0.327 e. The number of ether oxygens (including phenoxy) is 1. The zero-order valence-electron chi connectivity index (χ0n) is 14.4. The van der Waals surface area contributed by atoms with E-state index in [1.807, 2.05) is 12.1 Å². The van der Waals surface area contributed by atoms with E-state index in [9.17, 15) is 4.79 Å². The van der Waals surface area contributed by atoms with E-state index < -0.39 is 6.04 Å². The first-order valence-corrected chi connectivity index (χ1v) is 8.74. The summed E-state index contributed by atoms with van der Waals surface area (Å²) in [4.78, 5) is 14.7. The molecule has 2 bridgehead atoms. The average Bonchev–Trinajstić information content (AvgIpc) is 2.94. The third kappa shape index (κ3) is 2.26. The van der Waals surface area contributed by atoms with E-state index >= 15 is 0 Å². The maximum atomic E-state index is 12.2. The quantitative estimate of drug-likeness (QED) is 0.878. The van der Waals surface area contributed by atoms with Crippen LogP contribution in [0, 0.1) is 5.92 Å². The van der Waals surface area contributed by atoms with E-state index in [0.717, 1.165) is 23.0 Å². The molecule has 2 aromatic rings. The van der Waals surface area contributed by atoms with Crippen LogP contribution in [0.4, 0.5) is 0 Å². The van der Waals surface area contributed by atoms with Crippen LogP contribution in [0.2, 0.25) is 0 Å². The molecule has 0 radical (unpaired) electrons. The molecule has 3 aliphatic heterocycles. The van der Waals surface area contributed by atoms with Crippen molar-refractivity contribution in [3.05, 3.63) is 35.5 Å². The van der Waals surface area contributed by atoms with E-state index in [4.69, 9.17) is 10.5 Å². The smallest absolute Gasteiger partial charge is 0.327 e. The summed E-state index contributed by atoms with van der Waals surface area (Å²) >= 11 is 0. The SMILES string of the molecule is COC(=O)C(N)c1c(C2CN3CCC2CC3)n(C)c2ccccc12. The van der Waals surface area contributed by atoms with Gasteiger partial charge in [-0.05, 0) is 37.9 Å². The molecule has 0 amide bonds. The number of piperidine rings is 3. The number of rotatable bonds is 3. The lowest BCUT2D eigenvalue weighted by Gasteiger charge is -2.45. The molecule has 2 unspecified atom stereocenters. The van der Waals surface area contributed by atoms with Crippen LogP contribution in [0.3, 0.4) is 0 Å². The molecule has 24 heavy (non-hydrogen) atoms. The van der Waals surface area contributed by atoms with Crippen molar-refractivity contribution in [2.45, 2.75) is 24.8 Å². The Hall–Kier alpha value is -1.85. The van der Waals surface area contributed by atoms with E-state index in [0.29, 0.717) is 11.8 Å². The molecule has 3 saturated heterocycles. The van der Waals surface area contributed by atoms with Crippen molar-refractivity contribution in [1.82, 2.24) is 9.47 Å². The Morgan fingerprint density at radius 3 is 2.62 bits per heavy atom. The topological polar surface area (TPSA) is 60.5 Å². The third-order valence-corrected chi connectivity index (χ3v) is 5.97. The number of esters is 1. The van der Waals surface area contributed by atoms with Gasteiger partial charge in [0.05, 0.1) is 7.11 Å². The summed E-state index contributed by atoms with van der Waals surface area (Å²) in [7, 11) is 3.50. The summed E-state index contributed by atoms with van der Waals surface area (Å²) < 4.78 is 7.20. The lowest BCUT2D eigenvalue weighted by molar-refractivity contribution is -0.142. The minimum atomic E-state index is -0.730. The van der Waals surface area contributed by atoms with Crippen LogP contribution in [0.25, 0.3) is 10.9 Å². The summed E-state index contributed by atoms with van der Waals surface area (Å²) in [5.41, 5.74) is 9.65. The molecule has 3 aliphatic rings. The normalized spacial score (nSPS) is 27.4. The summed E-state index contributed by atoms with van der Waals surface area (Å²) in [5.74, 6) is 0.756. The Kier molecular flexibility index (Phi) is 3.85. The van der Waals surface area contributed by atoms with Gasteiger partial charge in [-0.25, -0.2) is 0 Å². The third-order valence-electron chi connectivity index (χ3n) is 5.97. The van der Waals surface area contributed by atoms with Crippen LogP contribution in [-0.2, 0) is 16.6 Å². The van der Waals surface area contributed by atoms with Crippen LogP contribution >= 0.6 is 0 Å². The maximum absolute atomic E-state index is 12.2. The molecule has 0 saturated carbocycles. The van der Waals surface area contributed by atoms with Gasteiger partial charge in [-0.1, -0.05) is 18.2 Å². The summed E-state index contributed by atoms with van der Waals surface area (Å²) in [6.07, 6.45) is 2.47. The van der Waals surface area contributed by atoms with Crippen molar-refractivity contribution < 1.29 is 9.53 Å². The van der Waals surface area contributed by atoms with Crippen molar-refractivity contribution in [3.8, 4) is 0 Å². The Morgan fingerprint density at radius 2 is 2.00 bits per heavy atom. The fourth-order valence-electron chi connectivity index (χ4n) is 4.74. The van der Waals surface area contributed by atoms with E-state index in [-0.39, 0.29) is 5.97 Å². The molecule has 2 atom stereocenters. The molecule has 1 aromatic heterocycles. The predicted molar refractivity (Wildman–Crippen MR) is 93.8 cm³/mol. The highest BCUT2D eigenvalue weighted by molar-refractivity contribution is 5.91. The molecule has 5 rings (SSSR count). The van der Waals surface area contributed by atoms with Gasteiger partial charge < -0.3 is 19.9 Å². The number of aryl methyl sites for hydroxylation is 1. The monoisotopic (exact) mass is 327 g/mol. The van der Waals surface area contributed by atoms with Crippen LogP contribution in [0.1, 0.15) is 36.1 Å². The van der Waals surface area contributed by atoms with Crippen molar-refractivity contribution in [2.75, 3.05) is 26.7 Å². The fourth-order valence-corrected chi connectivity index (χ4v) is 4.74. The minimum absolute atomic E-state index is 0.367. The van der Waals surface area contributed by atoms with Crippen LogP contribution in [-0.4, -0.2) is 42.2 Å². The van der Waals surface area contributed by atoms with Gasteiger partial charge in [0.25, 0.3) is 0 Å².